The summed E-state index contributed by atoms with van der Waals surface area (Å²) in [7, 11) is 0. The predicted octanol–water partition coefficient (Wildman–Crippen LogP) is 3.04. The average molecular weight is 279 g/mol. The Morgan fingerprint density at radius 3 is 2.63 bits per heavy atom. The molecule has 0 saturated carbocycles. The maximum absolute atomic E-state index is 5.79. The van der Waals surface area contributed by atoms with Crippen LogP contribution in [0.25, 0.3) is 0 Å². The number of aliphatic imine (C=N–C) groups is 1. The number of guanidine groups is 1. The van der Waals surface area contributed by atoms with Crippen molar-refractivity contribution in [2.24, 2.45) is 16.6 Å². The van der Waals surface area contributed by atoms with Gasteiger partial charge in [0, 0.05) is 23.7 Å². The van der Waals surface area contributed by atoms with E-state index in [0.717, 1.165) is 25.3 Å². The van der Waals surface area contributed by atoms with Crippen LogP contribution in [0.3, 0.4) is 0 Å². The van der Waals surface area contributed by atoms with Crippen LogP contribution in [-0.4, -0.2) is 24.8 Å². The van der Waals surface area contributed by atoms with E-state index < -0.39 is 0 Å². The maximum atomic E-state index is 5.79. The average Bonchev–Trinajstić information content (AvgIpc) is 2.36. The van der Waals surface area contributed by atoms with Crippen LogP contribution in [0.5, 0.6) is 0 Å². The molecule has 1 rings (SSSR count). The standard InChI is InChI=1S/C15H25N3S/c1-12(2)8-9-17-15(16)18-10-11-19-14-6-4-13(3)5-7-14/h4-7,12H,8-11H2,1-3H3,(H3,16,17,18). The molecule has 19 heavy (non-hydrogen) atoms. The van der Waals surface area contributed by atoms with Crippen LogP contribution >= 0.6 is 11.8 Å². The van der Waals surface area contributed by atoms with Gasteiger partial charge in [-0.1, -0.05) is 31.5 Å². The molecule has 3 N–H and O–H groups in total. The second-order valence-electron chi connectivity index (χ2n) is 5.04. The second-order valence-corrected chi connectivity index (χ2v) is 6.21. The number of nitrogens with zero attached hydrogens (tertiary/aromatic N) is 1. The molecule has 0 heterocycles. The lowest BCUT2D eigenvalue weighted by molar-refractivity contribution is 0.596. The summed E-state index contributed by atoms with van der Waals surface area (Å²) in [6.45, 7) is 8.14. The van der Waals surface area contributed by atoms with Crippen molar-refractivity contribution in [3.05, 3.63) is 29.8 Å². The predicted molar refractivity (Wildman–Crippen MR) is 85.9 cm³/mol. The van der Waals surface area contributed by atoms with Gasteiger partial charge in [0.05, 0.1) is 0 Å². The highest BCUT2D eigenvalue weighted by Crippen LogP contribution is 2.17. The van der Waals surface area contributed by atoms with Gasteiger partial charge in [-0.05, 0) is 31.4 Å². The molecule has 0 atom stereocenters. The van der Waals surface area contributed by atoms with Crippen molar-refractivity contribution in [2.75, 3.05) is 18.8 Å². The summed E-state index contributed by atoms with van der Waals surface area (Å²) in [6.07, 6.45) is 1.08. The molecule has 0 radical (unpaired) electrons. The third kappa shape index (κ3) is 7.78. The highest BCUT2D eigenvalue weighted by molar-refractivity contribution is 7.99. The fourth-order valence-electron chi connectivity index (χ4n) is 1.48. The molecule has 0 aliphatic heterocycles. The van der Waals surface area contributed by atoms with Crippen molar-refractivity contribution >= 4 is 17.7 Å². The first-order chi connectivity index (χ1) is 9.08. The zero-order valence-electron chi connectivity index (χ0n) is 12.1. The van der Waals surface area contributed by atoms with Crippen molar-refractivity contribution in [2.45, 2.75) is 32.1 Å². The molecule has 0 aliphatic carbocycles. The van der Waals surface area contributed by atoms with Crippen LogP contribution in [0, 0.1) is 12.8 Å². The molecule has 0 unspecified atom stereocenters. The summed E-state index contributed by atoms with van der Waals surface area (Å²) in [6, 6.07) is 8.58. The van der Waals surface area contributed by atoms with E-state index in [-0.39, 0.29) is 0 Å². The molecule has 106 valence electrons. The van der Waals surface area contributed by atoms with E-state index >= 15 is 0 Å². The summed E-state index contributed by atoms with van der Waals surface area (Å²) in [5, 5.41) is 3.14. The van der Waals surface area contributed by atoms with Crippen LogP contribution in [0.2, 0.25) is 0 Å². The third-order valence-electron chi connectivity index (χ3n) is 2.69. The van der Waals surface area contributed by atoms with Crippen LogP contribution in [-0.2, 0) is 0 Å². The lowest BCUT2D eigenvalue weighted by Gasteiger charge is -2.06. The minimum atomic E-state index is 0.560. The molecule has 4 heteroatoms. The van der Waals surface area contributed by atoms with Gasteiger partial charge < -0.3 is 11.1 Å². The zero-order chi connectivity index (χ0) is 14.1. The van der Waals surface area contributed by atoms with Crippen LogP contribution in [0.15, 0.2) is 34.2 Å². The van der Waals surface area contributed by atoms with Gasteiger partial charge in [0.2, 0.25) is 0 Å². The van der Waals surface area contributed by atoms with Crippen molar-refractivity contribution in [3.63, 3.8) is 0 Å². The summed E-state index contributed by atoms with van der Waals surface area (Å²) in [5.41, 5.74) is 7.08. The SMILES string of the molecule is Cc1ccc(SCCNC(N)=NCCC(C)C)cc1. The van der Waals surface area contributed by atoms with Gasteiger partial charge in [0.1, 0.15) is 0 Å². The molecule has 1 aromatic rings. The van der Waals surface area contributed by atoms with Gasteiger partial charge in [0.25, 0.3) is 0 Å². The minimum absolute atomic E-state index is 0.560. The molecule has 0 aromatic heterocycles. The molecule has 1 aromatic carbocycles. The van der Waals surface area contributed by atoms with Gasteiger partial charge >= 0.3 is 0 Å². The Balaban J connectivity index is 2.14. The van der Waals surface area contributed by atoms with Crippen molar-refractivity contribution in [1.82, 2.24) is 5.32 Å². The Hall–Kier alpha value is -1.16. The van der Waals surface area contributed by atoms with E-state index in [1.807, 2.05) is 11.8 Å². The molecule has 0 fully saturated rings. The summed E-state index contributed by atoms with van der Waals surface area (Å²) >= 11 is 1.83. The highest BCUT2D eigenvalue weighted by Gasteiger charge is 1.96. The van der Waals surface area contributed by atoms with E-state index in [2.05, 4.69) is 55.3 Å². The summed E-state index contributed by atoms with van der Waals surface area (Å²) in [5.74, 6) is 2.22. The van der Waals surface area contributed by atoms with Crippen LogP contribution in [0.1, 0.15) is 25.8 Å². The first kappa shape index (κ1) is 15.9. The molecule has 0 aliphatic rings. The number of benzene rings is 1. The Morgan fingerprint density at radius 1 is 1.32 bits per heavy atom. The van der Waals surface area contributed by atoms with Crippen LogP contribution in [0.4, 0.5) is 0 Å². The number of hydrogen-bond acceptors (Lipinski definition) is 2. The maximum Gasteiger partial charge on any atom is 0.188 e. The van der Waals surface area contributed by atoms with E-state index in [1.54, 1.807) is 0 Å². The minimum Gasteiger partial charge on any atom is -0.370 e. The lowest BCUT2D eigenvalue weighted by atomic mass is 10.1. The summed E-state index contributed by atoms with van der Waals surface area (Å²) < 4.78 is 0. The molecule has 0 saturated heterocycles. The number of aryl methyl sites for hydroxylation is 1. The molecule has 3 nitrogen and oxygen atoms in total. The monoisotopic (exact) mass is 279 g/mol. The Labute approximate surface area is 121 Å². The van der Waals surface area contributed by atoms with E-state index in [4.69, 9.17) is 5.73 Å². The van der Waals surface area contributed by atoms with E-state index in [0.29, 0.717) is 11.9 Å². The summed E-state index contributed by atoms with van der Waals surface area (Å²) in [4.78, 5) is 5.59. The van der Waals surface area contributed by atoms with E-state index in [9.17, 15) is 0 Å². The number of nitrogens with two attached hydrogens (primary N) is 1. The van der Waals surface area contributed by atoms with Gasteiger partial charge in [0.15, 0.2) is 5.96 Å². The first-order valence-electron chi connectivity index (χ1n) is 6.81. The van der Waals surface area contributed by atoms with Crippen LogP contribution < -0.4 is 11.1 Å². The van der Waals surface area contributed by atoms with Crippen molar-refractivity contribution in [1.29, 1.82) is 0 Å². The quantitative estimate of drug-likeness (QED) is 0.349. The molecule has 0 bridgehead atoms. The molecular weight excluding hydrogens is 254 g/mol. The van der Waals surface area contributed by atoms with Gasteiger partial charge in [-0.25, -0.2) is 0 Å². The lowest BCUT2D eigenvalue weighted by Crippen LogP contribution is -2.33. The number of rotatable bonds is 7. The van der Waals surface area contributed by atoms with Gasteiger partial charge in [-0.15, -0.1) is 11.8 Å². The molecular formula is C15H25N3S. The Bertz CT molecular complexity index is 385. The topological polar surface area (TPSA) is 50.4 Å². The fraction of sp³-hybridized carbons (Fsp3) is 0.533. The first-order valence-corrected chi connectivity index (χ1v) is 7.79. The van der Waals surface area contributed by atoms with Crippen molar-refractivity contribution < 1.29 is 0 Å². The van der Waals surface area contributed by atoms with Gasteiger partial charge in [-0.3, -0.25) is 4.99 Å². The fourth-order valence-corrected chi connectivity index (χ4v) is 2.25. The number of nitrogens with one attached hydrogen (secondary N) is 1. The number of thioether (sulfide) groups is 1. The smallest absolute Gasteiger partial charge is 0.188 e. The second kappa shape index (κ2) is 8.86. The Morgan fingerprint density at radius 2 is 2.00 bits per heavy atom. The molecule has 0 spiro atoms. The Kier molecular flexibility index (Phi) is 7.41. The van der Waals surface area contributed by atoms with E-state index in [1.165, 1.54) is 10.5 Å². The highest BCUT2D eigenvalue weighted by atomic mass is 32.2. The number of hydrogen-bond donors (Lipinski definition) is 2. The largest absolute Gasteiger partial charge is 0.370 e. The zero-order valence-corrected chi connectivity index (χ0v) is 13.0. The normalized spacial score (nSPS) is 11.9. The molecule has 0 amide bonds. The van der Waals surface area contributed by atoms with Gasteiger partial charge in [-0.2, -0.15) is 0 Å². The van der Waals surface area contributed by atoms with Crippen molar-refractivity contribution in [3.8, 4) is 0 Å². The third-order valence-corrected chi connectivity index (χ3v) is 3.70.